The van der Waals surface area contributed by atoms with Crippen molar-refractivity contribution in [1.29, 1.82) is 0 Å². The fourth-order valence-corrected chi connectivity index (χ4v) is 1.91. The summed E-state index contributed by atoms with van der Waals surface area (Å²) >= 11 is 0. The average Bonchev–Trinajstić information content (AvgIpc) is 2.93. The van der Waals surface area contributed by atoms with Crippen LogP contribution in [0.1, 0.15) is 12.1 Å². The Balaban J connectivity index is 2.23. The SMILES string of the molecule is COc1ccc(-c2ncc(CCCN)[nH]2)cc1OC. The molecule has 1 heterocycles. The van der Waals surface area contributed by atoms with Gasteiger partial charge < -0.3 is 20.2 Å². The highest BCUT2D eigenvalue weighted by Gasteiger charge is 2.08. The number of benzene rings is 1. The Bertz CT molecular complexity index is 537. The number of nitrogens with zero attached hydrogens (tertiary/aromatic N) is 1. The Labute approximate surface area is 112 Å². The minimum absolute atomic E-state index is 0.685. The number of imidazole rings is 1. The van der Waals surface area contributed by atoms with Gasteiger partial charge in [-0.1, -0.05) is 0 Å². The molecule has 0 radical (unpaired) electrons. The lowest BCUT2D eigenvalue weighted by Crippen LogP contribution is -2.00. The number of hydrogen-bond donors (Lipinski definition) is 2. The Morgan fingerprint density at radius 1 is 1.21 bits per heavy atom. The Kier molecular flexibility index (Phi) is 4.41. The highest BCUT2D eigenvalue weighted by molar-refractivity contribution is 5.61. The summed E-state index contributed by atoms with van der Waals surface area (Å²) in [6, 6.07) is 5.73. The van der Waals surface area contributed by atoms with Gasteiger partial charge in [-0.3, -0.25) is 0 Å². The molecule has 0 fully saturated rings. The highest BCUT2D eigenvalue weighted by atomic mass is 16.5. The Hall–Kier alpha value is -2.01. The predicted octanol–water partition coefficient (Wildman–Crippen LogP) is 1.99. The lowest BCUT2D eigenvalue weighted by Gasteiger charge is -2.08. The molecule has 5 nitrogen and oxygen atoms in total. The van der Waals surface area contributed by atoms with Gasteiger partial charge in [-0.05, 0) is 37.6 Å². The van der Waals surface area contributed by atoms with Gasteiger partial charge in [0, 0.05) is 17.5 Å². The van der Waals surface area contributed by atoms with Gasteiger partial charge in [0.05, 0.1) is 14.2 Å². The van der Waals surface area contributed by atoms with Crippen LogP contribution in [0.25, 0.3) is 11.4 Å². The molecule has 0 aliphatic heterocycles. The first-order valence-electron chi connectivity index (χ1n) is 6.25. The average molecular weight is 261 g/mol. The van der Waals surface area contributed by atoms with Crippen LogP contribution in [0.15, 0.2) is 24.4 Å². The van der Waals surface area contributed by atoms with Crippen LogP contribution in [0, 0.1) is 0 Å². The summed E-state index contributed by atoms with van der Waals surface area (Å²) in [6.45, 7) is 0.685. The molecule has 2 aromatic rings. The van der Waals surface area contributed by atoms with Crippen LogP contribution < -0.4 is 15.2 Å². The largest absolute Gasteiger partial charge is 0.493 e. The zero-order chi connectivity index (χ0) is 13.7. The molecular weight excluding hydrogens is 242 g/mol. The number of aromatic nitrogens is 2. The van der Waals surface area contributed by atoms with Gasteiger partial charge in [-0.2, -0.15) is 0 Å². The van der Waals surface area contributed by atoms with Crippen molar-refractivity contribution in [1.82, 2.24) is 9.97 Å². The summed E-state index contributed by atoms with van der Waals surface area (Å²) in [7, 11) is 3.24. The normalized spacial score (nSPS) is 10.5. The summed E-state index contributed by atoms with van der Waals surface area (Å²) in [5.41, 5.74) is 7.56. The van der Waals surface area contributed by atoms with Gasteiger partial charge in [0.15, 0.2) is 11.5 Å². The van der Waals surface area contributed by atoms with E-state index in [1.165, 1.54) is 0 Å². The number of rotatable bonds is 6. The van der Waals surface area contributed by atoms with Crippen molar-refractivity contribution < 1.29 is 9.47 Å². The van der Waals surface area contributed by atoms with Crippen LogP contribution in [0.3, 0.4) is 0 Å². The maximum absolute atomic E-state index is 5.50. The quantitative estimate of drug-likeness (QED) is 0.834. The van der Waals surface area contributed by atoms with Crippen molar-refractivity contribution in [3.63, 3.8) is 0 Å². The lowest BCUT2D eigenvalue weighted by molar-refractivity contribution is 0.355. The van der Waals surface area contributed by atoms with Crippen LogP contribution in [-0.4, -0.2) is 30.7 Å². The van der Waals surface area contributed by atoms with E-state index in [0.717, 1.165) is 29.9 Å². The highest BCUT2D eigenvalue weighted by Crippen LogP contribution is 2.31. The standard InChI is InChI=1S/C14H19N3O2/c1-18-12-6-5-10(8-13(12)19-2)14-16-9-11(17-14)4-3-7-15/h5-6,8-9H,3-4,7,15H2,1-2H3,(H,16,17). The molecule has 0 bridgehead atoms. The minimum Gasteiger partial charge on any atom is -0.493 e. The molecule has 0 unspecified atom stereocenters. The topological polar surface area (TPSA) is 73.2 Å². The summed E-state index contributed by atoms with van der Waals surface area (Å²) < 4.78 is 10.5. The van der Waals surface area contributed by atoms with Gasteiger partial charge in [0.2, 0.25) is 0 Å². The molecule has 0 aliphatic rings. The molecule has 3 N–H and O–H groups in total. The molecule has 0 amide bonds. The van der Waals surface area contributed by atoms with Crippen molar-refractivity contribution in [2.75, 3.05) is 20.8 Å². The van der Waals surface area contributed by atoms with E-state index in [1.54, 1.807) is 14.2 Å². The second kappa shape index (κ2) is 6.24. The zero-order valence-corrected chi connectivity index (χ0v) is 11.3. The third-order valence-corrected chi connectivity index (χ3v) is 2.94. The number of aryl methyl sites for hydroxylation is 1. The summed E-state index contributed by atoms with van der Waals surface area (Å²) in [4.78, 5) is 7.67. The fraction of sp³-hybridized carbons (Fsp3) is 0.357. The second-order valence-electron chi connectivity index (χ2n) is 4.22. The minimum atomic E-state index is 0.685. The molecule has 1 aromatic carbocycles. The van der Waals surface area contributed by atoms with Gasteiger partial charge >= 0.3 is 0 Å². The van der Waals surface area contributed by atoms with Crippen molar-refractivity contribution >= 4 is 0 Å². The van der Waals surface area contributed by atoms with Gasteiger partial charge in [-0.25, -0.2) is 4.98 Å². The molecule has 1 aromatic heterocycles. The van der Waals surface area contributed by atoms with Crippen molar-refractivity contribution in [2.45, 2.75) is 12.8 Å². The zero-order valence-electron chi connectivity index (χ0n) is 11.3. The number of nitrogens with two attached hydrogens (primary N) is 1. The maximum Gasteiger partial charge on any atom is 0.161 e. The Morgan fingerprint density at radius 3 is 2.68 bits per heavy atom. The van der Waals surface area contributed by atoms with Crippen molar-refractivity contribution in [3.8, 4) is 22.9 Å². The monoisotopic (exact) mass is 261 g/mol. The van der Waals surface area contributed by atoms with E-state index in [1.807, 2.05) is 24.4 Å². The molecule has 19 heavy (non-hydrogen) atoms. The molecule has 0 spiro atoms. The number of nitrogens with one attached hydrogen (secondary N) is 1. The number of methoxy groups -OCH3 is 2. The van der Waals surface area contributed by atoms with E-state index in [0.29, 0.717) is 18.0 Å². The van der Waals surface area contributed by atoms with Gasteiger partial charge in [0.25, 0.3) is 0 Å². The Morgan fingerprint density at radius 2 is 2.00 bits per heavy atom. The van der Waals surface area contributed by atoms with E-state index >= 15 is 0 Å². The van der Waals surface area contributed by atoms with Gasteiger partial charge in [-0.15, -0.1) is 0 Å². The summed E-state index contributed by atoms with van der Waals surface area (Å²) in [5, 5.41) is 0. The van der Waals surface area contributed by atoms with E-state index < -0.39 is 0 Å². The summed E-state index contributed by atoms with van der Waals surface area (Å²) in [6.07, 6.45) is 3.71. The van der Waals surface area contributed by atoms with E-state index in [-0.39, 0.29) is 0 Å². The lowest BCUT2D eigenvalue weighted by atomic mass is 10.2. The number of H-pyrrole nitrogens is 1. The van der Waals surface area contributed by atoms with E-state index in [9.17, 15) is 0 Å². The predicted molar refractivity (Wildman–Crippen MR) is 74.5 cm³/mol. The van der Waals surface area contributed by atoms with Crippen LogP contribution in [0.2, 0.25) is 0 Å². The van der Waals surface area contributed by atoms with Crippen molar-refractivity contribution in [2.24, 2.45) is 5.73 Å². The van der Waals surface area contributed by atoms with E-state index in [4.69, 9.17) is 15.2 Å². The summed E-state index contributed by atoms with van der Waals surface area (Å²) in [5.74, 6) is 2.23. The molecule has 5 heteroatoms. The number of hydrogen-bond acceptors (Lipinski definition) is 4. The van der Waals surface area contributed by atoms with Crippen molar-refractivity contribution in [3.05, 3.63) is 30.1 Å². The van der Waals surface area contributed by atoms with Crippen LogP contribution in [0.5, 0.6) is 11.5 Å². The first-order chi connectivity index (χ1) is 9.28. The molecular formula is C14H19N3O2. The third-order valence-electron chi connectivity index (χ3n) is 2.94. The molecule has 102 valence electrons. The maximum atomic E-state index is 5.50. The molecule has 2 rings (SSSR count). The molecule has 0 saturated carbocycles. The smallest absolute Gasteiger partial charge is 0.161 e. The first-order valence-corrected chi connectivity index (χ1v) is 6.25. The third kappa shape index (κ3) is 3.06. The molecule has 0 saturated heterocycles. The second-order valence-corrected chi connectivity index (χ2v) is 4.22. The van der Waals surface area contributed by atoms with Crippen LogP contribution in [-0.2, 0) is 6.42 Å². The molecule has 0 atom stereocenters. The fourth-order valence-electron chi connectivity index (χ4n) is 1.91. The molecule has 0 aliphatic carbocycles. The number of aromatic amines is 1. The first kappa shape index (κ1) is 13.4. The number of ether oxygens (including phenoxy) is 2. The van der Waals surface area contributed by atoms with E-state index in [2.05, 4.69) is 9.97 Å². The van der Waals surface area contributed by atoms with Gasteiger partial charge in [0.1, 0.15) is 5.82 Å². The van der Waals surface area contributed by atoms with Crippen LogP contribution >= 0.6 is 0 Å². The van der Waals surface area contributed by atoms with Crippen LogP contribution in [0.4, 0.5) is 0 Å².